The van der Waals surface area contributed by atoms with Crippen molar-refractivity contribution in [1.82, 2.24) is 0 Å². The highest BCUT2D eigenvalue weighted by Gasteiger charge is 2.28. The Kier molecular flexibility index (Phi) is 10.7. The molecule has 162 valence electrons. The van der Waals surface area contributed by atoms with Crippen molar-refractivity contribution in [3.05, 3.63) is 65.7 Å². The molecule has 1 atom stereocenters. The maximum Gasteiger partial charge on any atom is 0.198 e. The van der Waals surface area contributed by atoms with Crippen LogP contribution in [0.4, 0.5) is 0 Å². The lowest BCUT2D eigenvalue weighted by atomic mass is 10.0. The van der Waals surface area contributed by atoms with E-state index in [1.165, 1.54) is 57.8 Å². The molecule has 0 aliphatic carbocycles. The van der Waals surface area contributed by atoms with Gasteiger partial charge in [-0.1, -0.05) is 107 Å². The van der Waals surface area contributed by atoms with Crippen LogP contribution in [0.2, 0.25) is 0 Å². The molecule has 3 nitrogen and oxygen atoms in total. The van der Waals surface area contributed by atoms with Crippen molar-refractivity contribution in [2.24, 2.45) is 0 Å². The largest absolute Gasteiger partial charge is 0.222 e. The summed E-state index contributed by atoms with van der Waals surface area (Å²) in [5.41, 5.74) is 1.66. The van der Waals surface area contributed by atoms with Gasteiger partial charge >= 0.3 is 0 Å². The number of sulfone groups is 1. The van der Waals surface area contributed by atoms with Gasteiger partial charge in [-0.3, -0.25) is 0 Å². The summed E-state index contributed by atoms with van der Waals surface area (Å²) in [7, 11) is -3.73. The topological polar surface area (TPSA) is 57.9 Å². The Morgan fingerprint density at radius 2 is 1.30 bits per heavy atom. The van der Waals surface area contributed by atoms with Crippen LogP contribution in [0.3, 0.4) is 0 Å². The highest BCUT2D eigenvalue weighted by molar-refractivity contribution is 7.92. The minimum Gasteiger partial charge on any atom is -0.222 e. The van der Waals surface area contributed by atoms with E-state index in [0.29, 0.717) is 5.56 Å². The second-order valence-corrected chi connectivity index (χ2v) is 10.1. The van der Waals surface area contributed by atoms with Crippen LogP contribution in [-0.4, -0.2) is 8.42 Å². The Bertz CT molecular complexity index is 867. The minimum atomic E-state index is -3.73. The van der Waals surface area contributed by atoms with Gasteiger partial charge in [0, 0.05) is 0 Å². The molecule has 0 heterocycles. The summed E-state index contributed by atoms with van der Waals surface area (Å²) in [5.74, 6) is 0. The van der Waals surface area contributed by atoms with Crippen molar-refractivity contribution in [3.8, 4) is 6.07 Å². The van der Waals surface area contributed by atoms with E-state index in [1.807, 2.05) is 24.3 Å². The lowest BCUT2D eigenvalue weighted by Crippen LogP contribution is -2.12. The lowest BCUT2D eigenvalue weighted by molar-refractivity contribution is 0.556. The SMILES string of the molecule is CCCCCCCCCCCCc1ccc(S(=O)(=O)C(C#N)c2ccccc2)cc1. The molecule has 0 aliphatic heterocycles. The molecule has 0 saturated carbocycles. The number of nitriles is 1. The standard InChI is InChI=1S/C26H35NO2S/c1-2-3-4-5-6-7-8-9-10-12-15-23-18-20-25(21-19-23)30(28,29)26(22-27)24-16-13-11-14-17-24/h11,13-14,16-21,26H,2-10,12,15H2,1H3. The van der Waals surface area contributed by atoms with Gasteiger partial charge in [0.05, 0.1) is 11.0 Å². The third-order valence-corrected chi connectivity index (χ3v) is 7.53. The van der Waals surface area contributed by atoms with E-state index >= 15 is 0 Å². The van der Waals surface area contributed by atoms with Gasteiger partial charge in [0.25, 0.3) is 0 Å². The predicted octanol–water partition coefficient (Wildman–Crippen LogP) is 7.19. The van der Waals surface area contributed by atoms with Gasteiger partial charge in [0.2, 0.25) is 0 Å². The number of rotatable bonds is 14. The molecule has 0 saturated heterocycles. The zero-order valence-corrected chi connectivity index (χ0v) is 19.0. The van der Waals surface area contributed by atoms with Crippen LogP contribution < -0.4 is 0 Å². The molecule has 0 spiro atoms. The Morgan fingerprint density at radius 1 is 0.767 bits per heavy atom. The van der Waals surface area contributed by atoms with Crippen molar-refractivity contribution in [3.63, 3.8) is 0 Å². The summed E-state index contributed by atoms with van der Waals surface area (Å²) in [6.45, 7) is 2.25. The molecule has 1 unspecified atom stereocenters. The average molecular weight is 426 g/mol. The fourth-order valence-corrected chi connectivity index (χ4v) is 5.19. The summed E-state index contributed by atoms with van der Waals surface area (Å²) in [6.07, 6.45) is 14.1. The van der Waals surface area contributed by atoms with Crippen LogP contribution in [0.25, 0.3) is 0 Å². The molecule has 0 bridgehead atoms. The van der Waals surface area contributed by atoms with Crippen molar-refractivity contribution >= 4 is 9.84 Å². The minimum absolute atomic E-state index is 0.213. The number of unbranched alkanes of at least 4 members (excludes halogenated alkanes) is 9. The van der Waals surface area contributed by atoms with Gasteiger partial charge in [-0.25, -0.2) is 8.42 Å². The number of benzene rings is 2. The average Bonchev–Trinajstić information content (AvgIpc) is 2.76. The van der Waals surface area contributed by atoms with Gasteiger partial charge in [-0.2, -0.15) is 5.26 Å². The van der Waals surface area contributed by atoms with E-state index < -0.39 is 15.1 Å². The zero-order valence-electron chi connectivity index (χ0n) is 18.2. The number of aryl methyl sites for hydroxylation is 1. The van der Waals surface area contributed by atoms with Gasteiger partial charge < -0.3 is 0 Å². The smallest absolute Gasteiger partial charge is 0.198 e. The van der Waals surface area contributed by atoms with Crippen molar-refractivity contribution < 1.29 is 8.42 Å². The first-order valence-corrected chi connectivity index (χ1v) is 12.9. The molecule has 0 aliphatic rings. The molecule has 0 radical (unpaired) electrons. The van der Waals surface area contributed by atoms with Crippen LogP contribution in [-0.2, 0) is 16.3 Å². The third kappa shape index (κ3) is 7.61. The second kappa shape index (κ2) is 13.2. The maximum absolute atomic E-state index is 12.9. The number of hydrogen-bond acceptors (Lipinski definition) is 3. The molecular weight excluding hydrogens is 390 g/mol. The highest BCUT2D eigenvalue weighted by Crippen LogP contribution is 2.28. The molecule has 2 rings (SSSR count). The van der Waals surface area contributed by atoms with Crippen molar-refractivity contribution in [2.45, 2.75) is 87.7 Å². The summed E-state index contributed by atoms with van der Waals surface area (Å²) in [5, 5.41) is 8.29. The molecule has 30 heavy (non-hydrogen) atoms. The normalized spacial score (nSPS) is 12.4. The van der Waals surface area contributed by atoms with E-state index in [0.717, 1.165) is 18.4 Å². The molecule has 0 fully saturated rings. The molecule has 0 N–H and O–H groups in total. The van der Waals surface area contributed by atoms with Crippen LogP contribution in [0.1, 0.15) is 87.5 Å². The molecule has 0 aromatic heterocycles. The summed E-state index contributed by atoms with van der Waals surface area (Å²) in [4.78, 5) is 0.213. The third-order valence-electron chi connectivity index (χ3n) is 5.60. The van der Waals surface area contributed by atoms with Gasteiger partial charge in [-0.05, 0) is 36.1 Å². The first-order chi connectivity index (χ1) is 14.6. The first-order valence-electron chi connectivity index (χ1n) is 11.4. The monoisotopic (exact) mass is 425 g/mol. The predicted molar refractivity (Wildman–Crippen MR) is 124 cm³/mol. The fraction of sp³-hybridized carbons (Fsp3) is 0.500. The van der Waals surface area contributed by atoms with E-state index in [1.54, 1.807) is 36.4 Å². The summed E-state index contributed by atoms with van der Waals surface area (Å²) < 4.78 is 25.8. The van der Waals surface area contributed by atoms with E-state index in [4.69, 9.17) is 0 Å². The molecule has 2 aromatic carbocycles. The second-order valence-electron chi connectivity index (χ2n) is 8.04. The molecular formula is C26H35NO2S. The van der Waals surface area contributed by atoms with Crippen LogP contribution >= 0.6 is 0 Å². The van der Waals surface area contributed by atoms with Crippen LogP contribution in [0, 0.1) is 11.3 Å². The van der Waals surface area contributed by atoms with Gasteiger partial charge in [0.1, 0.15) is 0 Å². The van der Waals surface area contributed by atoms with Crippen molar-refractivity contribution in [1.29, 1.82) is 5.26 Å². The maximum atomic E-state index is 12.9. The van der Waals surface area contributed by atoms with Crippen molar-refractivity contribution in [2.75, 3.05) is 0 Å². The van der Waals surface area contributed by atoms with Crippen LogP contribution in [0.15, 0.2) is 59.5 Å². The number of nitrogens with zero attached hydrogens (tertiary/aromatic N) is 1. The zero-order chi connectivity index (χ0) is 21.7. The van der Waals surface area contributed by atoms with E-state index in [2.05, 4.69) is 6.92 Å². The van der Waals surface area contributed by atoms with Gasteiger partial charge in [-0.15, -0.1) is 0 Å². The summed E-state index contributed by atoms with van der Waals surface area (Å²) in [6, 6.07) is 17.7. The molecule has 4 heteroatoms. The number of hydrogen-bond donors (Lipinski definition) is 0. The molecule has 0 amide bonds. The Labute approximate surface area is 183 Å². The lowest BCUT2D eigenvalue weighted by Gasteiger charge is -2.12. The quantitative estimate of drug-likeness (QED) is 0.301. The van der Waals surface area contributed by atoms with Crippen LogP contribution in [0.5, 0.6) is 0 Å². The van der Waals surface area contributed by atoms with E-state index in [9.17, 15) is 13.7 Å². The Morgan fingerprint density at radius 3 is 1.83 bits per heavy atom. The first kappa shape index (κ1) is 24.2. The highest BCUT2D eigenvalue weighted by atomic mass is 32.2. The Hall–Kier alpha value is -2.12. The Balaban J connectivity index is 1.77. The van der Waals surface area contributed by atoms with Gasteiger partial charge in [0.15, 0.2) is 15.1 Å². The fourth-order valence-electron chi connectivity index (χ4n) is 3.75. The van der Waals surface area contributed by atoms with E-state index in [-0.39, 0.29) is 4.90 Å². The summed E-state index contributed by atoms with van der Waals surface area (Å²) >= 11 is 0. The molecule has 2 aromatic rings.